The SMILES string of the molecule is Cc1ccnc(N)c1C(O)CSc1ccc(Br)cc1. The predicted octanol–water partition coefficient (Wildman–Crippen LogP) is 3.56. The molecule has 0 radical (unpaired) electrons. The zero-order valence-electron chi connectivity index (χ0n) is 10.5. The van der Waals surface area contributed by atoms with E-state index in [9.17, 15) is 5.11 Å². The maximum absolute atomic E-state index is 10.2. The zero-order chi connectivity index (χ0) is 13.8. The van der Waals surface area contributed by atoms with Gasteiger partial charge in [-0.1, -0.05) is 15.9 Å². The first-order chi connectivity index (χ1) is 9.08. The minimum Gasteiger partial charge on any atom is -0.387 e. The first-order valence-electron chi connectivity index (χ1n) is 5.85. The largest absolute Gasteiger partial charge is 0.387 e. The number of aryl methyl sites for hydroxylation is 1. The van der Waals surface area contributed by atoms with Crippen molar-refractivity contribution in [1.29, 1.82) is 0 Å². The third kappa shape index (κ3) is 3.72. The number of aromatic nitrogens is 1. The molecular weight excluding hydrogens is 324 g/mol. The van der Waals surface area contributed by atoms with E-state index in [-0.39, 0.29) is 0 Å². The Morgan fingerprint density at radius 1 is 1.32 bits per heavy atom. The molecule has 0 fully saturated rings. The minimum absolute atomic E-state index is 0.406. The molecule has 0 aliphatic carbocycles. The number of nitrogens with two attached hydrogens (primary N) is 1. The van der Waals surface area contributed by atoms with E-state index in [1.54, 1.807) is 18.0 Å². The van der Waals surface area contributed by atoms with Crippen LogP contribution in [0.2, 0.25) is 0 Å². The van der Waals surface area contributed by atoms with Crippen LogP contribution in [0.25, 0.3) is 0 Å². The van der Waals surface area contributed by atoms with Crippen molar-refractivity contribution in [2.75, 3.05) is 11.5 Å². The molecule has 0 saturated heterocycles. The van der Waals surface area contributed by atoms with Crippen molar-refractivity contribution in [2.45, 2.75) is 17.9 Å². The van der Waals surface area contributed by atoms with Crippen molar-refractivity contribution in [3.63, 3.8) is 0 Å². The van der Waals surface area contributed by atoms with E-state index in [4.69, 9.17) is 5.73 Å². The standard InChI is InChI=1S/C14H15BrN2OS/c1-9-6-7-17-14(16)13(9)12(18)8-19-11-4-2-10(15)3-5-11/h2-7,12,18H,8H2,1H3,(H2,16,17). The number of hydrogen-bond acceptors (Lipinski definition) is 4. The van der Waals surface area contributed by atoms with Gasteiger partial charge in [0.25, 0.3) is 0 Å². The maximum Gasteiger partial charge on any atom is 0.129 e. The molecule has 1 aromatic heterocycles. The van der Waals surface area contributed by atoms with E-state index >= 15 is 0 Å². The molecule has 19 heavy (non-hydrogen) atoms. The number of hydrogen-bond donors (Lipinski definition) is 2. The Morgan fingerprint density at radius 2 is 2.00 bits per heavy atom. The number of aliphatic hydroxyl groups excluding tert-OH is 1. The molecule has 0 aliphatic heterocycles. The van der Waals surface area contributed by atoms with Crippen LogP contribution in [0.4, 0.5) is 5.82 Å². The molecule has 0 aliphatic rings. The van der Waals surface area contributed by atoms with Gasteiger partial charge in [0, 0.05) is 26.9 Å². The molecule has 1 unspecified atom stereocenters. The summed E-state index contributed by atoms with van der Waals surface area (Å²) in [5, 5.41) is 10.2. The number of pyridine rings is 1. The van der Waals surface area contributed by atoms with Gasteiger partial charge in [-0.3, -0.25) is 0 Å². The molecule has 100 valence electrons. The van der Waals surface area contributed by atoms with Crippen LogP contribution in [-0.4, -0.2) is 15.8 Å². The fourth-order valence-corrected chi connectivity index (χ4v) is 2.92. The van der Waals surface area contributed by atoms with Gasteiger partial charge in [-0.2, -0.15) is 0 Å². The molecule has 3 N–H and O–H groups in total. The van der Waals surface area contributed by atoms with Gasteiger partial charge in [0.1, 0.15) is 5.82 Å². The summed E-state index contributed by atoms with van der Waals surface area (Å²) < 4.78 is 1.05. The molecule has 0 saturated carbocycles. The van der Waals surface area contributed by atoms with Gasteiger partial charge in [0.2, 0.25) is 0 Å². The molecule has 1 atom stereocenters. The van der Waals surface area contributed by atoms with Crippen molar-refractivity contribution >= 4 is 33.5 Å². The number of rotatable bonds is 4. The molecule has 0 spiro atoms. The van der Waals surface area contributed by atoms with E-state index in [1.165, 1.54) is 0 Å². The Bertz CT molecular complexity index is 540. The third-order valence-electron chi connectivity index (χ3n) is 2.79. The monoisotopic (exact) mass is 338 g/mol. The lowest BCUT2D eigenvalue weighted by atomic mass is 10.1. The van der Waals surface area contributed by atoms with Gasteiger partial charge < -0.3 is 10.8 Å². The van der Waals surface area contributed by atoms with Crippen molar-refractivity contribution < 1.29 is 5.11 Å². The third-order valence-corrected chi connectivity index (χ3v) is 4.41. The molecule has 0 amide bonds. The summed E-state index contributed by atoms with van der Waals surface area (Å²) in [4.78, 5) is 5.14. The van der Waals surface area contributed by atoms with Gasteiger partial charge >= 0.3 is 0 Å². The van der Waals surface area contributed by atoms with Crippen molar-refractivity contribution in [1.82, 2.24) is 4.98 Å². The molecule has 0 bridgehead atoms. The highest BCUT2D eigenvalue weighted by Gasteiger charge is 2.14. The van der Waals surface area contributed by atoms with E-state index in [0.29, 0.717) is 11.6 Å². The summed E-state index contributed by atoms with van der Waals surface area (Å²) in [5.74, 6) is 0.960. The summed E-state index contributed by atoms with van der Waals surface area (Å²) in [6, 6.07) is 9.86. The Labute approximate surface area is 125 Å². The van der Waals surface area contributed by atoms with Crippen molar-refractivity contribution in [3.05, 3.63) is 52.1 Å². The van der Waals surface area contributed by atoms with Gasteiger partial charge in [-0.25, -0.2) is 4.98 Å². The predicted molar refractivity (Wildman–Crippen MR) is 83.2 cm³/mol. The van der Waals surface area contributed by atoms with E-state index in [1.807, 2.05) is 37.3 Å². The van der Waals surface area contributed by atoms with Gasteiger partial charge in [0.15, 0.2) is 0 Å². The van der Waals surface area contributed by atoms with E-state index < -0.39 is 6.10 Å². The summed E-state index contributed by atoms with van der Waals surface area (Å²) in [5.41, 5.74) is 7.52. The van der Waals surface area contributed by atoms with Gasteiger partial charge in [-0.05, 0) is 42.8 Å². The van der Waals surface area contributed by atoms with Crippen LogP contribution in [0.5, 0.6) is 0 Å². The fraction of sp³-hybridized carbons (Fsp3) is 0.214. The molecule has 1 heterocycles. The number of benzene rings is 1. The highest BCUT2D eigenvalue weighted by atomic mass is 79.9. The molecule has 2 rings (SSSR count). The topological polar surface area (TPSA) is 59.1 Å². The first-order valence-corrected chi connectivity index (χ1v) is 7.63. The average molecular weight is 339 g/mol. The lowest BCUT2D eigenvalue weighted by molar-refractivity contribution is 0.204. The fourth-order valence-electron chi connectivity index (χ4n) is 1.81. The Morgan fingerprint density at radius 3 is 2.63 bits per heavy atom. The summed E-state index contributed by atoms with van der Waals surface area (Å²) in [6.07, 6.45) is 1.05. The highest BCUT2D eigenvalue weighted by Crippen LogP contribution is 2.29. The summed E-state index contributed by atoms with van der Waals surface area (Å²) in [6.45, 7) is 1.93. The Hall–Kier alpha value is -1.04. The number of nitrogens with zero attached hydrogens (tertiary/aromatic N) is 1. The smallest absolute Gasteiger partial charge is 0.129 e. The van der Waals surface area contributed by atoms with Crippen LogP contribution >= 0.6 is 27.7 Å². The van der Waals surface area contributed by atoms with Crippen LogP contribution in [0, 0.1) is 6.92 Å². The molecule has 2 aromatic rings. The normalized spacial score (nSPS) is 12.4. The lowest BCUT2D eigenvalue weighted by Crippen LogP contribution is -2.08. The van der Waals surface area contributed by atoms with Crippen molar-refractivity contribution in [2.24, 2.45) is 0 Å². The van der Waals surface area contributed by atoms with Crippen LogP contribution in [-0.2, 0) is 0 Å². The Kier molecular flexibility index (Phi) is 4.85. The quantitative estimate of drug-likeness (QED) is 0.837. The summed E-state index contributed by atoms with van der Waals surface area (Å²) in [7, 11) is 0. The second-order valence-electron chi connectivity index (χ2n) is 4.21. The number of aliphatic hydroxyl groups is 1. The summed E-state index contributed by atoms with van der Waals surface area (Å²) >= 11 is 4.99. The second-order valence-corrected chi connectivity index (χ2v) is 6.22. The first kappa shape index (κ1) is 14.4. The van der Waals surface area contributed by atoms with Gasteiger partial charge in [-0.15, -0.1) is 11.8 Å². The molecule has 3 nitrogen and oxygen atoms in total. The zero-order valence-corrected chi connectivity index (χ0v) is 12.9. The number of thioether (sulfide) groups is 1. The molecule has 5 heteroatoms. The average Bonchev–Trinajstić information content (AvgIpc) is 2.38. The number of nitrogen functional groups attached to an aromatic ring is 1. The van der Waals surface area contributed by atoms with Crippen LogP contribution in [0.15, 0.2) is 45.9 Å². The lowest BCUT2D eigenvalue weighted by Gasteiger charge is -2.15. The van der Waals surface area contributed by atoms with E-state index in [2.05, 4.69) is 20.9 Å². The maximum atomic E-state index is 10.2. The Balaban J connectivity index is 2.05. The van der Waals surface area contributed by atoms with Crippen molar-refractivity contribution in [3.8, 4) is 0 Å². The number of anilines is 1. The minimum atomic E-state index is -0.609. The van der Waals surface area contributed by atoms with E-state index in [0.717, 1.165) is 20.5 Å². The van der Waals surface area contributed by atoms with Crippen LogP contribution in [0.1, 0.15) is 17.2 Å². The molecule has 1 aromatic carbocycles. The van der Waals surface area contributed by atoms with Crippen LogP contribution < -0.4 is 5.73 Å². The van der Waals surface area contributed by atoms with Crippen LogP contribution in [0.3, 0.4) is 0 Å². The molecular formula is C14H15BrN2OS. The second kappa shape index (κ2) is 6.41. The highest BCUT2D eigenvalue weighted by molar-refractivity contribution is 9.10. The van der Waals surface area contributed by atoms with Gasteiger partial charge in [0.05, 0.1) is 6.10 Å². The number of halogens is 1.